The molecule has 0 atom stereocenters. The van der Waals surface area contributed by atoms with Crippen molar-refractivity contribution in [2.75, 3.05) is 21.7 Å². The maximum absolute atomic E-state index is 13.9. The first-order chi connectivity index (χ1) is 16.3. The van der Waals surface area contributed by atoms with Gasteiger partial charge in [-0.15, -0.1) is 0 Å². The molecule has 0 aliphatic carbocycles. The fourth-order valence-corrected chi connectivity index (χ4v) is 4.81. The summed E-state index contributed by atoms with van der Waals surface area (Å²) < 4.78 is 0. The number of fused-ring (bicyclic) bond motifs is 1. The van der Waals surface area contributed by atoms with Gasteiger partial charge in [0.2, 0.25) is 5.91 Å². The molecule has 0 fully saturated rings. The predicted molar refractivity (Wildman–Crippen MR) is 134 cm³/mol. The Kier molecular flexibility index (Phi) is 5.28. The van der Waals surface area contributed by atoms with E-state index in [0.29, 0.717) is 29.2 Å². The Morgan fingerprint density at radius 2 is 1.65 bits per heavy atom. The highest BCUT2D eigenvalue weighted by Gasteiger charge is 2.44. The number of carbonyl (C=O) groups excluding carboxylic acids is 3. The van der Waals surface area contributed by atoms with Crippen LogP contribution in [0.2, 0.25) is 0 Å². The highest BCUT2D eigenvalue weighted by Crippen LogP contribution is 2.41. The van der Waals surface area contributed by atoms with Crippen LogP contribution < -0.4 is 15.1 Å². The van der Waals surface area contributed by atoms with E-state index in [4.69, 9.17) is 0 Å². The quantitative estimate of drug-likeness (QED) is 0.588. The van der Waals surface area contributed by atoms with Crippen molar-refractivity contribution >= 4 is 40.4 Å². The average molecular weight is 452 g/mol. The van der Waals surface area contributed by atoms with E-state index in [1.54, 1.807) is 24.3 Å². The molecule has 34 heavy (non-hydrogen) atoms. The van der Waals surface area contributed by atoms with Gasteiger partial charge >= 0.3 is 0 Å². The molecule has 0 saturated carbocycles. The molecule has 0 bridgehead atoms. The normalized spacial score (nSPS) is 15.3. The van der Waals surface area contributed by atoms with Crippen molar-refractivity contribution in [3.05, 3.63) is 94.7 Å². The summed E-state index contributed by atoms with van der Waals surface area (Å²) in [7, 11) is 0. The van der Waals surface area contributed by atoms with Crippen LogP contribution in [0.25, 0.3) is 5.57 Å². The molecule has 2 aliphatic rings. The van der Waals surface area contributed by atoms with Crippen LogP contribution in [-0.2, 0) is 20.8 Å². The van der Waals surface area contributed by atoms with Crippen LogP contribution in [0.15, 0.2) is 72.4 Å². The number of para-hydroxylation sites is 1. The van der Waals surface area contributed by atoms with Crippen LogP contribution in [0.1, 0.15) is 29.2 Å². The summed E-state index contributed by atoms with van der Waals surface area (Å²) in [6, 6.07) is 20.7. The largest absolute Gasteiger partial charge is 0.336 e. The van der Waals surface area contributed by atoms with Crippen LogP contribution in [0.5, 0.6) is 0 Å². The maximum Gasteiger partial charge on any atom is 0.282 e. The number of carbonyl (C=O) groups is 3. The first-order valence-corrected chi connectivity index (χ1v) is 11.3. The second-order valence-electron chi connectivity index (χ2n) is 8.75. The molecule has 3 aromatic carbocycles. The average Bonchev–Trinajstić information content (AvgIpc) is 3.32. The molecule has 2 heterocycles. The number of benzene rings is 3. The van der Waals surface area contributed by atoms with E-state index in [2.05, 4.69) is 11.4 Å². The van der Waals surface area contributed by atoms with Crippen LogP contribution in [-0.4, -0.2) is 24.3 Å². The minimum atomic E-state index is -0.344. The lowest BCUT2D eigenvalue weighted by Gasteiger charge is -2.22. The smallest absolute Gasteiger partial charge is 0.282 e. The van der Waals surface area contributed by atoms with Crippen LogP contribution in [0.3, 0.4) is 0 Å². The summed E-state index contributed by atoms with van der Waals surface area (Å²) >= 11 is 0. The summed E-state index contributed by atoms with van der Waals surface area (Å²) in [6.07, 6.45) is 0.812. The minimum Gasteiger partial charge on any atom is -0.336 e. The molecule has 0 radical (unpaired) electrons. The summed E-state index contributed by atoms with van der Waals surface area (Å²) in [5, 5.41) is 2.71. The van der Waals surface area contributed by atoms with E-state index >= 15 is 0 Å². The molecule has 3 aromatic rings. The standard InChI is InChI=1S/C28H25N3O3/c1-17-8-13-23(18(2)16-17)25-26(30-15-14-20-6-4-5-7-24(20)30)28(34)31(27(25)33)22-11-9-21(10-12-22)29-19(3)32/h4-13,16H,14-15H2,1-3H3,(H,29,32). The lowest BCUT2D eigenvalue weighted by atomic mass is 9.97. The highest BCUT2D eigenvalue weighted by molar-refractivity contribution is 6.46. The monoisotopic (exact) mass is 451 g/mol. The molecule has 6 nitrogen and oxygen atoms in total. The summed E-state index contributed by atoms with van der Waals surface area (Å²) in [5.74, 6) is -0.873. The van der Waals surface area contributed by atoms with Crippen molar-refractivity contribution in [2.24, 2.45) is 0 Å². The lowest BCUT2D eigenvalue weighted by molar-refractivity contribution is -0.120. The third-order valence-electron chi connectivity index (χ3n) is 6.31. The van der Waals surface area contributed by atoms with Crippen LogP contribution in [0.4, 0.5) is 17.1 Å². The molecule has 0 saturated heterocycles. The van der Waals surface area contributed by atoms with Gasteiger partial charge in [0.05, 0.1) is 11.3 Å². The van der Waals surface area contributed by atoms with E-state index in [9.17, 15) is 14.4 Å². The number of imide groups is 1. The Labute approximate surface area is 198 Å². The van der Waals surface area contributed by atoms with Crippen molar-refractivity contribution in [2.45, 2.75) is 27.2 Å². The Morgan fingerprint density at radius 1 is 0.912 bits per heavy atom. The molecule has 3 amide bonds. The second-order valence-corrected chi connectivity index (χ2v) is 8.75. The fourth-order valence-electron chi connectivity index (χ4n) is 4.81. The minimum absolute atomic E-state index is 0.185. The molecular weight excluding hydrogens is 426 g/mol. The predicted octanol–water partition coefficient (Wildman–Crippen LogP) is 4.61. The van der Waals surface area contributed by atoms with Crippen LogP contribution in [0, 0.1) is 13.8 Å². The van der Waals surface area contributed by atoms with Gasteiger partial charge in [-0.25, -0.2) is 4.90 Å². The molecule has 5 rings (SSSR count). The SMILES string of the molecule is CC(=O)Nc1ccc(N2C(=O)C(c3ccc(C)cc3C)=C(N3CCc4ccccc43)C2=O)cc1. The van der Waals surface area contributed by atoms with Gasteiger partial charge in [0.1, 0.15) is 5.70 Å². The number of rotatable bonds is 4. The Bertz CT molecular complexity index is 1370. The molecule has 0 spiro atoms. The van der Waals surface area contributed by atoms with Crippen molar-refractivity contribution < 1.29 is 14.4 Å². The van der Waals surface area contributed by atoms with Gasteiger partial charge in [-0.2, -0.15) is 0 Å². The number of nitrogens with one attached hydrogen (secondary N) is 1. The third kappa shape index (κ3) is 3.57. The molecule has 0 aromatic heterocycles. The topological polar surface area (TPSA) is 69.7 Å². The zero-order valence-corrected chi connectivity index (χ0v) is 19.4. The van der Waals surface area contributed by atoms with Gasteiger partial charge in [0.25, 0.3) is 11.8 Å². The van der Waals surface area contributed by atoms with Crippen LogP contribution >= 0.6 is 0 Å². The number of aryl methyl sites for hydroxylation is 2. The molecular formula is C28H25N3O3. The van der Waals surface area contributed by atoms with Crippen molar-refractivity contribution in [1.82, 2.24) is 0 Å². The molecule has 170 valence electrons. The number of nitrogens with zero attached hydrogens (tertiary/aromatic N) is 2. The summed E-state index contributed by atoms with van der Waals surface area (Å²) in [5.41, 5.74) is 6.83. The molecule has 2 aliphatic heterocycles. The molecule has 6 heteroatoms. The second kappa shape index (κ2) is 8.30. The maximum atomic E-state index is 13.9. The number of hydrogen-bond acceptors (Lipinski definition) is 4. The zero-order valence-electron chi connectivity index (χ0n) is 19.4. The van der Waals surface area contributed by atoms with Crippen molar-refractivity contribution in [1.29, 1.82) is 0 Å². The Balaban J connectivity index is 1.63. The summed E-state index contributed by atoms with van der Waals surface area (Å²) in [6.45, 7) is 6.04. The zero-order chi connectivity index (χ0) is 24.0. The van der Waals surface area contributed by atoms with Gasteiger partial charge < -0.3 is 10.2 Å². The number of hydrogen-bond donors (Lipinski definition) is 1. The van der Waals surface area contributed by atoms with E-state index in [0.717, 1.165) is 34.4 Å². The van der Waals surface area contributed by atoms with Crippen molar-refractivity contribution in [3.63, 3.8) is 0 Å². The van der Waals surface area contributed by atoms with Gasteiger partial charge in [0.15, 0.2) is 0 Å². The lowest BCUT2D eigenvalue weighted by Crippen LogP contribution is -2.34. The van der Waals surface area contributed by atoms with Gasteiger partial charge in [-0.1, -0.05) is 42.0 Å². The van der Waals surface area contributed by atoms with E-state index in [1.807, 2.05) is 55.1 Å². The molecule has 1 N–H and O–H groups in total. The van der Waals surface area contributed by atoms with Gasteiger partial charge in [-0.05, 0) is 67.3 Å². The van der Waals surface area contributed by atoms with Gasteiger partial charge in [-0.3, -0.25) is 14.4 Å². The molecule has 0 unspecified atom stereocenters. The Morgan fingerprint density at radius 3 is 2.35 bits per heavy atom. The number of amides is 3. The Hall–Kier alpha value is -4.19. The van der Waals surface area contributed by atoms with E-state index in [1.165, 1.54) is 11.8 Å². The highest BCUT2D eigenvalue weighted by atomic mass is 16.2. The van der Waals surface area contributed by atoms with Crippen molar-refractivity contribution in [3.8, 4) is 0 Å². The van der Waals surface area contributed by atoms with E-state index < -0.39 is 0 Å². The first kappa shape index (κ1) is 21.6. The van der Waals surface area contributed by atoms with Gasteiger partial charge in [0, 0.05) is 24.8 Å². The third-order valence-corrected chi connectivity index (χ3v) is 6.31. The van der Waals surface area contributed by atoms with E-state index in [-0.39, 0.29) is 17.7 Å². The fraction of sp³-hybridized carbons (Fsp3) is 0.179. The summed E-state index contributed by atoms with van der Waals surface area (Å²) in [4.78, 5) is 42.3. The first-order valence-electron chi connectivity index (χ1n) is 11.3. The number of anilines is 3.